The number of methoxy groups -OCH3 is 3. The molecule has 0 spiro atoms. The Morgan fingerprint density at radius 2 is 1.55 bits per heavy atom. The van der Waals surface area contributed by atoms with Gasteiger partial charge in [-0.15, -0.1) is 0 Å². The van der Waals surface area contributed by atoms with E-state index in [4.69, 9.17) is 14.2 Å². The quantitative estimate of drug-likeness (QED) is 0.794. The molecular weight excluding hydrogens is 254 g/mol. The van der Waals surface area contributed by atoms with Gasteiger partial charge in [0.05, 0.1) is 26.9 Å². The molecule has 0 aromatic heterocycles. The van der Waals surface area contributed by atoms with Crippen molar-refractivity contribution in [2.45, 2.75) is 33.7 Å². The fourth-order valence-electron chi connectivity index (χ4n) is 1.90. The van der Waals surface area contributed by atoms with E-state index in [1.165, 1.54) is 0 Å². The summed E-state index contributed by atoms with van der Waals surface area (Å²) in [6.07, 6.45) is 1.14. The average molecular weight is 281 g/mol. The second-order valence-corrected chi connectivity index (χ2v) is 5.63. The number of hydrogen-bond donors (Lipinski definition) is 1. The van der Waals surface area contributed by atoms with Crippen molar-refractivity contribution in [3.63, 3.8) is 0 Å². The highest BCUT2D eigenvalue weighted by Crippen LogP contribution is 2.34. The summed E-state index contributed by atoms with van der Waals surface area (Å²) in [6, 6.07) is 3.76. The Labute approximate surface area is 122 Å². The van der Waals surface area contributed by atoms with Crippen molar-refractivity contribution in [3.8, 4) is 17.2 Å². The van der Waals surface area contributed by atoms with Crippen LogP contribution in [-0.2, 0) is 6.54 Å². The van der Waals surface area contributed by atoms with Crippen LogP contribution in [0.25, 0.3) is 0 Å². The third-order valence-corrected chi connectivity index (χ3v) is 3.68. The van der Waals surface area contributed by atoms with Crippen LogP contribution >= 0.6 is 0 Å². The number of nitrogens with one attached hydrogen (secondary N) is 1. The third-order valence-electron chi connectivity index (χ3n) is 3.68. The standard InChI is InChI=1S/C16H27NO3/c1-7-16(2,3)11-17-10-13-14(19-5)8-12(18-4)9-15(13)20-6/h8-9,17H,7,10-11H2,1-6H3. The predicted octanol–water partition coefficient (Wildman–Crippen LogP) is 3.24. The van der Waals surface area contributed by atoms with Gasteiger partial charge in [-0.25, -0.2) is 0 Å². The SMILES string of the molecule is CCC(C)(C)CNCc1c(OC)cc(OC)cc1OC. The summed E-state index contributed by atoms with van der Waals surface area (Å²) in [6.45, 7) is 8.36. The van der Waals surface area contributed by atoms with Gasteiger partial charge in [0.2, 0.25) is 0 Å². The minimum Gasteiger partial charge on any atom is -0.496 e. The Balaban J connectivity index is 2.87. The zero-order chi connectivity index (χ0) is 15.2. The molecule has 0 amide bonds. The highest BCUT2D eigenvalue weighted by molar-refractivity contribution is 5.50. The van der Waals surface area contributed by atoms with Crippen molar-refractivity contribution >= 4 is 0 Å². The second kappa shape index (κ2) is 7.39. The largest absolute Gasteiger partial charge is 0.496 e. The molecule has 1 N–H and O–H groups in total. The lowest BCUT2D eigenvalue weighted by atomic mass is 9.90. The summed E-state index contributed by atoms with van der Waals surface area (Å²) in [5, 5.41) is 3.48. The van der Waals surface area contributed by atoms with Gasteiger partial charge in [-0.3, -0.25) is 0 Å². The van der Waals surface area contributed by atoms with E-state index >= 15 is 0 Å². The maximum Gasteiger partial charge on any atom is 0.130 e. The summed E-state index contributed by atoms with van der Waals surface area (Å²) in [7, 11) is 4.96. The first-order chi connectivity index (χ1) is 9.47. The molecule has 0 saturated carbocycles. The molecule has 0 aliphatic heterocycles. The summed E-state index contributed by atoms with van der Waals surface area (Å²) >= 11 is 0. The van der Waals surface area contributed by atoms with Crippen LogP contribution in [0.4, 0.5) is 0 Å². The third kappa shape index (κ3) is 4.30. The van der Waals surface area contributed by atoms with Crippen molar-refractivity contribution in [3.05, 3.63) is 17.7 Å². The molecule has 1 aromatic carbocycles. The minimum atomic E-state index is 0.285. The molecular formula is C16H27NO3. The van der Waals surface area contributed by atoms with E-state index in [1.54, 1.807) is 21.3 Å². The van der Waals surface area contributed by atoms with Gasteiger partial charge in [0.25, 0.3) is 0 Å². The molecule has 0 heterocycles. The zero-order valence-electron chi connectivity index (χ0n) is 13.5. The van der Waals surface area contributed by atoms with Crippen molar-refractivity contribution in [1.82, 2.24) is 5.32 Å². The fourth-order valence-corrected chi connectivity index (χ4v) is 1.90. The molecule has 0 unspecified atom stereocenters. The first-order valence-corrected chi connectivity index (χ1v) is 6.97. The Morgan fingerprint density at radius 1 is 1.00 bits per heavy atom. The molecule has 1 rings (SSSR count). The van der Waals surface area contributed by atoms with Gasteiger partial charge in [0.15, 0.2) is 0 Å². The fraction of sp³-hybridized carbons (Fsp3) is 0.625. The predicted molar refractivity (Wildman–Crippen MR) is 81.9 cm³/mol. The van der Waals surface area contributed by atoms with Gasteiger partial charge >= 0.3 is 0 Å². The van der Waals surface area contributed by atoms with Gasteiger partial charge in [-0.05, 0) is 11.8 Å². The molecule has 4 nitrogen and oxygen atoms in total. The van der Waals surface area contributed by atoms with Crippen LogP contribution in [0.15, 0.2) is 12.1 Å². The van der Waals surface area contributed by atoms with E-state index in [2.05, 4.69) is 26.1 Å². The molecule has 4 heteroatoms. The first kappa shape index (κ1) is 16.6. The topological polar surface area (TPSA) is 39.7 Å². The van der Waals surface area contributed by atoms with E-state index in [0.717, 1.165) is 35.8 Å². The molecule has 0 aliphatic carbocycles. The number of ether oxygens (including phenoxy) is 3. The van der Waals surface area contributed by atoms with Crippen molar-refractivity contribution in [2.75, 3.05) is 27.9 Å². The van der Waals surface area contributed by atoms with Gasteiger partial charge < -0.3 is 19.5 Å². The molecule has 0 fully saturated rings. The van der Waals surface area contributed by atoms with Crippen molar-refractivity contribution in [2.24, 2.45) is 5.41 Å². The molecule has 1 aromatic rings. The number of hydrogen-bond acceptors (Lipinski definition) is 4. The Bertz CT molecular complexity index is 405. The van der Waals surface area contributed by atoms with E-state index in [9.17, 15) is 0 Å². The molecule has 0 atom stereocenters. The van der Waals surface area contributed by atoms with E-state index in [-0.39, 0.29) is 5.41 Å². The normalized spacial score (nSPS) is 11.3. The van der Waals surface area contributed by atoms with Gasteiger partial charge in [-0.2, -0.15) is 0 Å². The minimum absolute atomic E-state index is 0.285. The van der Waals surface area contributed by atoms with E-state index in [1.807, 2.05) is 12.1 Å². The van der Waals surface area contributed by atoms with Crippen LogP contribution in [0.3, 0.4) is 0 Å². The van der Waals surface area contributed by atoms with Crippen LogP contribution in [0.2, 0.25) is 0 Å². The van der Waals surface area contributed by atoms with Crippen LogP contribution in [0.1, 0.15) is 32.8 Å². The average Bonchev–Trinajstić information content (AvgIpc) is 2.46. The highest BCUT2D eigenvalue weighted by Gasteiger charge is 2.17. The maximum absolute atomic E-state index is 5.44. The summed E-state index contributed by atoms with van der Waals surface area (Å²) in [5.74, 6) is 2.29. The molecule has 0 bridgehead atoms. The Morgan fingerprint density at radius 3 is 1.95 bits per heavy atom. The van der Waals surface area contributed by atoms with Gasteiger partial charge in [0, 0.05) is 25.2 Å². The molecule has 114 valence electrons. The first-order valence-electron chi connectivity index (χ1n) is 6.97. The second-order valence-electron chi connectivity index (χ2n) is 5.63. The Kier molecular flexibility index (Phi) is 6.14. The van der Waals surface area contributed by atoms with Crippen molar-refractivity contribution < 1.29 is 14.2 Å². The number of rotatable bonds is 8. The molecule has 0 saturated heterocycles. The molecule has 0 radical (unpaired) electrons. The van der Waals surface area contributed by atoms with Crippen LogP contribution in [0, 0.1) is 5.41 Å². The summed E-state index contributed by atoms with van der Waals surface area (Å²) in [5.41, 5.74) is 1.30. The lowest BCUT2D eigenvalue weighted by molar-refractivity contribution is 0.322. The highest BCUT2D eigenvalue weighted by atomic mass is 16.5. The van der Waals surface area contributed by atoms with Crippen molar-refractivity contribution in [1.29, 1.82) is 0 Å². The van der Waals surface area contributed by atoms with Crippen LogP contribution < -0.4 is 19.5 Å². The summed E-state index contributed by atoms with van der Waals surface area (Å²) in [4.78, 5) is 0. The smallest absolute Gasteiger partial charge is 0.130 e. The van der Waals surface area contributed by atoms with Crippen LogP contribution in [-0.4, -0.2) is 27.9 Å². The maximum atomic E-state index is 5.44. The lowest BCUT2D eigenvalue weighted by Gasteiger charge is -2.24. The molecule has 0 aliphatic rings. The summed E-state index contributed by atoms with van der Waals surface area (Å²) < 4.78 is 16.1. The van der Waals surface area contributed by atoms with Crippen LogP contribution in [0.5, 0.6) is 17.2 Å². The monoisotopic (exact) mass is 281 g/mol. The van der Waals surface area contributed by atoms with Gasteiger partial charge in [0.1, 0.15) is 17.2 Å². The molecule has 20 heavy (non-hydrogen) atoms. The zero-order valence-corrected chi connectivity index (χ0v) is 13.5. The van der Waals surface area contributed by atoms with E-state index in [0.29, 0.717) is 6.54 Å². The Hall–Kier alpha value is -1.42. The van der Waals surface area contributed by atoms with Gasteiger partial charge in [-0.1, -0.05) is 20.8 Å². The number of benzene rings is 1. The lowest BCUT2D eigenvalue weighted by Crippen LogP contribution is -2.28. The van der Waals surface area contributed by atoms with E-state index < -0.39 is 0 Å².